The molecular weight excluding hydrogens is 479 g/mol. The highest BCUT2D eigenvalue weighted by Gasteiger charge is 2.49. The van der Waals surface area contributed by atoms with E-state index in [9.17, 15) is 17.6 Å². The van der Waals surface area contributed by atoms with Crippen molar-refractivity contribution in [3.8, 4) is 0 Å². The molecule has 1 saturated heterocycles. The normalized spacial score (nSPS) is 18.7. The Morgan fingerprint density at radius 1 is 1.08 bits per heavy atom. The fraction of sp³-hybridized carbons (Fsp3) is 0.519. The van der Waals surface area contributed by atoms with Crippen molar-refractivity contribution in [2.45, 2.75) is 44.2 Å². The van der Waals surface area contributed by atoms with Gasteiger partial charge in [-0.15, -0.1) is 0 Å². The quantitative estimate of drug-likeness (QED) is 0.526. The van der Waals surface area contributed by atoms with Gasteiger partial charge < -0.3 is 15.5 Å². The lowest BCUT2D eigenvalue weighted by Crippen LogP contribution is -2.60. The molecule has 0 aliphatic carbocycles. The minimum Gasteiger partial charge on any atom is -0.341 e. The second-order valence-corrected chi connectivity index (χ2v) is 12.0. The zero-order valence-corrected chi connectivity index (χ0v) is 22.2. The van der Waals surface area contributed by atoms with Crippen molar-refractivity contribution in [3.63, 3.8) is 0 Å². The first-order chi connectivity index (χ1) is 17.1. The number of halogens is 1. The summed E-state index contributed by atoms with van der Waals surface area (Å²) in [6.45, 7) is 4.81. The first-order valence-corrected chi connectivity index (χ1v) is 14.5. The van der Waals surface area contributed by atoms with Crippen molar-refractivity contribution < 1.29 is 17.6 Å². The van der Waals surface area contributed by atoms with Gasteiger partial charge in [-0.2, -0.15) is 4.31 Å². The van der Waals surface area contributed by atoms with Crippen LogP contribution in [-0.4, -0.2) is 75.6 Å². The number of likely N-dealkylation sites (N-methyl/N-ethyl adjacent to an activating group) is 1. The van der Waals surface area contributed by atoms with Crippen molar-refractivity contribution in [1.29, 1.82) is 0 Å². The molecule has 2 heterocycles. The van der Waals surface area contributed by atoms with E-state index in [-0.39, 0.29) is 11.7 Å². The lowest BCUT2D eigenvalue weighted by Gasteiger charge is -2.51. The molecule has 0 aromatic heterocycles. The van der Waals surface area contributed by atoms with Gasteiger partial charge in [-0.05, 0) is 68.5 Å². The number of nitrogens with zero attached hydrogens (tertiary/aromatic N) is 2. The summed E-state index contributed by atoms with van der Waals surface area (Å²) >= 11 is 0. The van der Waals surface area contributed by atoms with Gasteiger partial charge >= 0.3 is 0 Å². The Labute approximate surface area is 214 Å². The molecule has 0 saturated carbocycles. The molecule has 1 atom stereocenters. The van der Waals surface area contributed by atoms with E-state index in [1.54, 1.807) is 16.4 Å². The summed E-state index contributed by atoms with van der Waals surface area (Å²) in [6.07, 6.45) is 3.56. The molecule has 1 amide bonds. The van der Waals surface area contributed by atoms with Crippen molar-refractivity contribution in [1.82, 2.24) is 19.8 Å². The van der Waals surface area contributed by atoms with Crippen LogP contribution in [0.3, 0.4) is 0 Å². The lowest BCUT2D eigenvalue weighted by atomic mass is 9.75. The maximum absolute atomic E-state index is 13.6. The Balaban J connectivity index is 1.55. The Morgan fingerprint density at radius 3 is 2.42 bits per heavy atom. The Morgan fingerprint density at radius 2 is 1.78 bits per heavy atom. The molecule has 9 heteroatoms. The van der Waals surface area contributed by atoms with E-state index in [0.717, 1.165) is 17.7 Å². The topological polar surface area (TPSA) is 81.8 Å². The summed E-state index contributed by atoms with van der Waals surface area (Å²) < 4.78 is 40.7. The minimum atomic E-state index is -3.42. The highest BCUT2D eigenvalue weighted by atomic mass is 32.2. The van der Waals surface area contributed by atoms with Gasteiger partial charge in [0, 0.05) is 32.7 Å². The van der Waals surface area contributed by atoms with Crippen LogP contribution < -0.4 is 10.6 Å². The Kier molecular flexibility index (Phi) is 8.14. The number of carbonyl (C=O) groups is 1. The van der Waals surface area contributed by atoms with E-state index in [0.29, 0.717) is 51.9 Å². The van der Waals surface area contributed by atoms with Crippen LogP contribution in [0.2, 0.25) is 0 Å². The molecule has 196 valence electrons. The highest BCUT2D eigenvalue weighted by molar-refractivity contribution is 7.88. The molecule has 0 bridgehead atoms. The maximum atomic E-state index is 13.6. The minimum absolute atomic E-state index is 0.00359. The second kappa shape index (κ2) is 11.0. The summed E-state index contributed by atoms with van der Waals surface area (Å²) in [4.78, 5) is 15.5. The number of hydrogen-bond donors (Lipinski definition) is 2. The molecule has 2 aromatic carbocycles. The standard InChI is InChI=1S/C27H37FN4O3S/c1-20-4-9-24-22(18-20)10-15-32(36(3,34)35)27(24)11-16-31(17-12-27)26(33)25(30-14-13-29-2)19-21-5-7-23(28)8-6-21/h4-9,18,25,29-30H,10-17,19H2,1-3H3/t25-/m1/s1. The molecule has 2 aliphatic heterocycles. The largest absolute Gasteiger partial charge is 0.341 e. The van der Waals surface area contributed by atoms with E-state index in [2.05, 4.69) is 29.7 Å². The lowest BCUT2D eigenvalue weighted by molar-refractivity contribution is -0.136. The average Bonchev–Trinajstić information content (AvgIpc) is 2.84. The number of rotatable bonds is 8. The fourth-order valence-electron chi connectivity index (χ4n) is 5.75. The molecule has 2 aliphatic rings. The third kappa shape index (κ3) is 5.64. The average molecular weight is 517 g/mol. The fourth-order valence-corrected chi connectivity index (χ4v) is 7.09. The highest BCUT2D eigenvalue weighted by Crippen LogP contribution is 2.45. The van der Waals surface area contributed by atoms with Gasteiger partial charge in [0.15, 0.2) is 0 Å². The number of benzene rings is 2. The third-order valence-corrected chi connectivity index (χ3v) is 8.88. The van der Waals surface area contributed by atoms with Crippen LogP contribution in [0.1, 0.15) is 35.1 Å². The number of amides is 1. The van der Waals surface area contributed by atoms with Crippen LogP contribution >= 0.6 is 0 Å². The molecule has 36 heavy (non-hydrogen) atoms. The molecule has 4 rings (SSSR count). The van der Waals surface area contributed by atoms with Crippen LogP contribution in [0.15, 0.2) is 42.5 Å². The van der Waals surface area contributed by atoms with Crippen LogP contribution in [0.25, 0.3) is 0 Å². The number of nitrogens with one attached hydrogen (secondary N) is 2. The Bertz CT molecular complexity index is 1180. The van der Waals surface area contributed by atoms with Crippen molar-refractivity contribution in [2.24, 2.45) is 0 Å². The predicted octanol–water partition coefficient (Wildman–Crippen LogP) is 2.19. The van der Waals surface area contributed by atoms with Gasteiger partial charge in [0.2, 0.25) is 15.9 Å². The SMILES string of the molecule is CNCCN[C@H](Cc1ccc(F)cc1)C(=O)N1CCC2(CC1)c1ccc(C)cc1CCN2S(C)(=O)=O. The first-order valence-electron chi connectivity index (χ1n) is 12.6. The van der Waals surface area contributed by atoms with Gasteiger partial charge in [-0.1, -0.05) is 35.9 Å². The summed E-state index contributed by atoms with van der Waals surface area (Å²) in [5.41, 5.74) is 3.71. The number of likely N-dealkylation sites (tertiary alicyclic amines) is 1. The summed E-state index contributed by atoms with van der Waals surface area (Å²) in [6, 6.07) is 12.1. The summed E-state index contributed by atoms with van der Waals surface area (Å²) in [5.74, 6) is -0.305. The first kappa shape index (κ1) is 26.7. The predicted molar refractivity (Wildman–Crippen MR) is 140 cm³/mol. The number of hydrogen-bond acceptors (Lipinski definition) is 5. The molecule has 2 N–H and O–H groups in total. The summed E-state index contributed by atoms with van der Waals surface area (Å²) in [5, 5.41) is 6.44. The van der Waals surface area contributed by atoms with E-state index in [1.165, 1.54) is 29.5 Å². The molecular formula is C27H37FN4O3S. The molecule has 2 aromatic rings. The van der Waals surface area contributed by atoms with Crippen LogP contribution in [0, 0.1) is 12.7 Å². The van der Waals surface area contributed by atoms with E-state index < -0.39 is 21.6 Å². The van der Waals surface area contributed by atoms with E-state index in [4.69, 9.17) is 0 Å². The van der Waals surface area contributed by atoms with Gasteiger partial charge in [0.1, 0.15) is 5.82 Å². The number of piperidine rings is 1. The number of fused-ring (bicyclic) bond motifs is 2. The molecule has 1 fully saturated rings. The zero-order valence-electron chi connectivity index (χ0n) is 21.4. The molecule has 7 nitrogen and oxygen atoms in total. The van der Waals surface area contributed by atoms with Gasteiger partial charge in [-0.25, -0.2) is 12.8 Å². The summed E-state index contributed by atoms with van der Waals surface area (Å²) in [7, 11) is -1.56. The van der Waals surface area contributed by atoms with Crippen LogP contribution in [-0.2, 0) is 33.2 Å². The van der Waals surface area contributed by atoms with Gasteiger partial charge in [0.25, 0.3) is 0 Å². The van der Waals surface area contributed by atoms with Gasteiger partial charge in [0.05, 0.1) is 17.8 Å². The molecule has 1 spiro atoms. The molecule has 0 unspecified atom stereocenters. The van der Waals surface area contributed by atoms with Gasteiger partial charge in [-0.3, -0.25) is 4.79 Å². The zero-order chi connectivity index (χ0) is 25.9. The van der Waals surface area contributed by atoms with E-state index >= 15 is 0 Å². The Hall–Kier alpha value is -2.33. The van der Waals surface area contributed by atoms with Crippen molar-refractivity contribution in [2.75, 3.05) is 46.0 Å². The van der Waals surface area contributed by atoms with Crippen molar-refractivity contribution >= 4 is 15.9 Å². The smallest absolute Gasteiger partial charge is 0.240 e. The number of carbonyl (C=O) groups excluding carboxylic acids is 1. The number of aryl methyl sites for hydroxylation is 1. The molecule has 0 radical (unpaired) electrons. The second-order valence-electron chi connectivity index (χ2n) is 10.0. The number of sulfonamides is 1. The maximum Gasteiger partial charge on any atom is 0.240 e. The van der Waals surface area contributed by atoms with Crippen LogP contribution in [0.4, 0.5) is 4.39 Å². The van der Waals surface area contributed by atoms with E-state index in [1.807, 2.05) is 18.0 Å². The van der Waals surface area contributed by atoms with Crippen LogP contribution in [0.5, 0.6) is 0 Å². The van der Waals surface area contributed by atoms with Crippen molar-refractivity contribution in [3.05, 3.63) is 70.5 Å². The monoisotopic (exact) mass is 516 g/mol. The third-order valence-electron chi connectivity index (χ3n) is 7.54.